The lowest BCUT2D eigenvalue weighted by Gasteiger charge is -2.21. The van der Waals surface area contributed by atoms with Crippen LogP contribution >= 0.6 is 0 Å². The maximum atomic E-state index is 12.7. The van der Waals surface area contributed by atoms with E-state index in [2.05, 4.69) is 4.98 Å². The minimum absolute atomic E-state index is 0.188. The predicted octanol–water partition coefficient (Wildman–Crippen LogP) is 1.74. The van der Waals surface area contributed by atoms with Crippen molar-refractivity contribution in [3.05, 3.63) is 75.3 Å². The van der Waals surface area contributed by atoms with Gasteiger partial charge in [-0.1, -0.05) is 30.3 Å². The molecule has 6 nitrogen and oxygen atoms in total. The number of benzene rings is 2. The molecule has 1 heterocycles. The molecule has 0 aliphatic heterocycles. The van der Waals surface area contributed by atoms with Gasteiger partial charge in [0.15, 0.2) is 0 Å². The number of hydrogen-bond acceptors (Lipinski definition) is 3. The van der Waals surface area contributed by atoms with Gasteiger partial charge < -0.3 is 9.88 Å². The van der Waals surface area contributed by atoms with Crippen LogP contribution in [0, 0.1) is 0 Å². The van der Waals surface area contributed by atoms with Crippen molar-refractivity contribution in [1.82, 2.24) is 9.55 Å². The first kappa shape index (κ1) is 15.7. The minimum Gasteiger partial charge on any atom is -0.316 e. The maximum absolute atomic E-state index is 12.7. The molecular weight excluding hydrogens is 306 g/mol. The summed E-state index contributed by atoms with van der Waals surface area (Å²) >= 11 is 0. The van der Waals surface area contributed by atoms with Crippen LogP contribution in [0.1, 0.15) is 6.92 Å². The van der Waals surface area contributed by atoms with Gasteiger partial charge in [-0.25, -0.2) is 0 Å². The van der Waals surface area contributed by atoms with Gasteiger partial charge in [-0.3, -0.25) is 19.0 Å². The number of fused-ring (bicyclic) bond motifs is 1. The van der Waals surface area contributed by atoms with E-state index in [1.54, 1.807) is 29.2 Å². The summed E-state index contributed by atoms with van der Waals surface area (Å²) in [5.74, 6) is -0.249. The summed E-state index contributed by atoms with van der Waals surface area (Å²) in [7, 11) is 0. The van der Waals surface area contributed by atoms with E-state index in [0.717, 1.165) is 5.69 Å². The fourth-order valence-electron chi connectivity index (χ4n) is 2.71. The van der Waals surface area contributed by atoms with E-state index >= 15 is 0 Å². The van der Waals surface area contributed by atoms with Crippen LogP contribution in [0.15, 0.2) is 64.2 Å². The van der Waals surface area contributed by atoms with Crippen molar-refractivity contribution in [2.24, 2.45) is 0 Å². The second-order valence-electron chi connectivity index (χ2n) is 5.34. The third kappa shape index (κ3) is 2.86. The van der Waals surface area contributed by atoms with Gasteiger partial charge in [-0.2, -0.15) is 0 Å². The van der Waals surface area contributed by atoms with Crippen molar-refractivity contribution < 1.29 is 4.79 Å². The van der Waals surface area contributed by atoms with Crippen molar-refractivity contribution in [2.45, 2.75) is 13.5 Å². The van der Waals surface area contributed by atoms with E-state index in [-0.39, 0.29) is 12.5 Å². The average molecular weight is 323 g/mol. The standard InChI is InChI=1S/C18H17N3O3/c1-2-20(13-8-4-3-5-9-13)16(22)12-21-15-11-7-6-10-14(15)19-17(23)18(21)24/h3-11H,2,12H2,1H3,(H,19,23). The van der Waals surface area contributed by atoms with Crippen molar-refractivity contribution in [2.75, 3.05) is 11.4 Å². The molecule has 0 atom stereocenters. The Morgan fingerprint density at radius 2 is 1.71 bits per heavy atom. The fraction of sp³-hybridized carbons (Fsp3) is 0.167. The zero-order valence-corrected chi connectivity index (χ0v) is 13.2. The highest BCUT2D eigenvalue weighted by Gasteiger charge is 2.17. The second kappa shape index (κ2) is 6.54. The Morgan fingerprint density at radius 3 is 2.42 bits per heavy atom. The first-order valence-corrected chi connectivity index (χ1v) is 7.69. The third-order valence-corrected chi connectivity index (χ3v) is 3.86. The molecule has 3 aromatic rings. The average Bonchev–Trinajstić information content (AvgIpc) is 2.60. The normalized spacial score (nSPS) is 10.7. The molecule has 122 valence electrons. The van der Waals surface area contributed by atoms with Crippen LogP contribution < -0.4 is 16.0 Å². The Balaban J connectivity index is 2.03. The van der Waals surface area contributed by atoms with Crippen LogP contribution in [-0.4, -0.2) is 22.0 Å². The molecule has 0 fully saturated rings. The summed E-state index contributed by atoms with van der Waals surface area (Å²) in [5, 5.41) is 0. The number of hydrogen-bond donors (Lipinski definition) is 1. The SMILES string of the molecule is CCN(C(=O)Cn1c(=O)c(=O)[nH]c2ccccc21)c1ccccc1. The number of likely N-dealkylation sites (N-methyl/N-ethyl adjacent to an activating group) is 1. The largest absolute Gasteiger partial charge is 0.317 e. The van der Waals surface area contributed by atoms with E-state index in [0.29, 0.717) is 17.6 Å². The summed E-state index contributed by atoms with van der Waals surface area (Å²) in [6.07, 6.45) is 0. The predicted molar refractivity (Wildman–Crippen MR) is 93.3 cm³/mol. The highest BCUT2D eigenvalue weighted by atomic mass is 16.2. The summed E-state index contributed by atoms with van der Waals surface area (Å²) < 4.78 is 1.22. The molecule has 0 unspecified atom stereocenters. The topological polar surface area (TPSA) is 75.2 Å². The van der Waals surface area contributed by atoms with Gasteiger partial charge in [0.05, 0.1) is 11.0 Å². The van der Waals surface area contributed by atoms with Crippen molar-refractivity contribution in [1.29, 1.82) is 0 Å². The van der Waals surface area contributed by atoms with Crippen molar-refractivity contribution in [3.8, 4) is 0 Å². The molecule has 1 aromatic heterocycles. The lowest BCUT2D eigenvalue weighted by Crippen LogP contribution is -2.41. The van der Waals surface area contributed by atoms with Crippen molar-refractivity contribution >= 4 is 22.6 Å². The first-order valence-electron chi connectivity index (χ1n) is 7.69. The summed E-state index contributed by atoms with van der Waals surface area (Å²) in [4.78, 5) is 40.9. The Bertz CT molecular complexity index is 990. The third-order valence-electron chi connectivity index (χ3n) is 3.86. The number of aromatic amines is 1. The van der Waals surface area contributed by atoms with Crippen LogP contribution in [0.5, 0.6) is 0 Å². The molecule has 0 radical (unpaired) electrons. The summed E-state index contributed by atoms with van der Waals surface area (Å²) in [6.45, 7) is 2.15. The van der Waals surface area contributed by atoms with Crippen LogP contribution in [-0.2, 0) is 11.3 Å². The monoisotopic (exact) mass is 323 g/mol. The molecule has 24 heavy (non-hydrogen) atoms. The number of carbonyl (C=O) groups is 1. The number of anilines is 1. The number of nitrogens with zero attached hydrogens (tertiary/aromatic N) is 2. The van der Waals surface area contributed by atoms with Gasteiger partial charge in [0, 0.05) is 12.2 Å². The molecule has 0 aliphatic rings. The van der Waals surface area contributed by atoms with Crippen LogP contribution in [0.4, 0.5) is 5.69 Å². The summed E-state index contributed by atoms with van der Waals surface area (Å²) in [6, 6.07) is 16.2. The number of carbonyl (C=O) groups excluding carboxylic acids is 1. The zero-order chi connectivity index (χ0) is 17.1. The molecule has 6 heteroatoms. The molecule has 0 spiro atoms. The first-order chi connectivity index (χ1) is 11.6. The quantitative estimate of drug-likeness (QED) is 0.743. The fourth-order valence-corrected chi connectivity index (χ4v) is 2.71. The Labute approximate surface area is 138 Å². The van der Waals surface area contributed by atoms with E-state index in [1.807, 2.05) is 37.3 Å². The molecule has 1 N–H and O–H groups in total. The lowest BCUT2D eigenvalue weighted by molar-refractivity contribution is -0.119. The maximum Gasteiger partial charge on any atom is 0.317 e. The molecule has 3 rings (SSSR count). The molecule has 2 aromatic carbocycles. The number of rotatable bonds is 4. The second-order valence-corrected chi connectivity index (χ2v) is 5.34. The Hall–Kier alpha value is -3.15. The van der Waals surface area contributed by atoms with Gasteiger partial charge >= 0.3 is 11.1 Å². The molecular formula is C18H17N3O3. The van der Waals surface area contributed by atoms with E-state index in [4.69, 9.17) is 0 Å². The van der Waals surface area contributed by atoms with Crippen molar-refractivity contribution in [3.63, 3.8) is 0 Å². The Kier molecular flexibility index (Phi) is 4.29. The highest BCUT2D eigenvalue weighted by Crippen LogP contribution is 2.14. The Morgan fingerprint density at radius 1 is 1.04 bits per heavy atom. The number of para-hydroxylation sites is 3. The zero-order valence-electron chi connectivity index (χ0n) is 13.2. The molecule has 1 amide bonds. The molecule has 0 bridgehead atoms. The molecule has 0 saturated carbocycles. The van der Waals surface area contributed by atoms with Crippen LogP contribution in [0.2, 0.25) is 0 Å². The van der Waals surface area contributed by atoms with Gasteiger partial charge in [0.25, 0.3) is 0 Å². The van der Waals surface area contributed by atoms with Crippen LogP contribution in [0.3, 0.4) is 0 Å². The van der Waals surface area contributed by atoms with Gasteiger partial charge in [-0.05, 0) is 31.2 Å². The van der Waals surface area contributed by atoms with Gasteiger partial charge in [-0.15, -0.1) is 0 Å². The lowest BCUT2D eigenvalue weighted by atomic mass is 10.2. The number of amides is 1. The molecule has 0 aliphatic carbocycles. The smallest absolute Gasteiger partial charge is 0.316 e. The number of H-pyrrole nitrogens is 1. The highest BCUT2D eigenvalue weighted by molar-refractivity contribution is 5.93. The molecule has 0 saturated heterocycles. The van der Waals surface area contributed by atoms with Gasteiger partial charge in [0.1, 0.15) is 6.54 Å². The summed E-state index contributed by atoms with van der Waals surface area (Å²) in [5.41, 5.74) is 0.347. The van der Waals surface area contributed by atoms with Gasteiger partial charge in [0.2, 0.25) is 5.91 Å². The number of nitrogens with one attached hydrogen (secondary N) is 1. The van der Waals surface area contributed by atoms with E-state index < -0.39 is 11.1 Å². The minimum atomic E-state index is -0.732. The number of aromatic nitrogens is 2. The van der Waals surface area contributed by atoms with Crippen LogP contribution in [0.25, 0.3) is 11.0 Å². The van der Waals surface area contributed by atoms with E-state index in [1.165, 1.54) is 4.57 Å². The van der Waals surface area contributed by atoms with E-state index in [9.17, 15) is 14.4 Å².